The number of hydrogen-bond acceptors (Lipinski definition) is 4. The van der Waals surface area contributed by atoms with Crippen molar-refractivity contribution in [3.8, 4) is 0 Å². The SMILES string of the molecule is C1CNCCNCNCCNC1.[Cu]. The van der Waals surface area contributed by atoms with E-state index in [1.807, 2.05) is 0 Å². The van der Waals surface area contributed by atoms with Crippen LogP contribution in [0.3, 0.4) is 0 Å². The first kappa shape index (κ1) is 13.4. The minimum atomic E-state index is 0. The van der Waals surface area contributed by atoms with Gasteiger partial charge in [0, 0.05) is 49.9 Å². The Morgan fingerprint density at radius 2 is 1.00 bits per heavy atom. The second kappa shape index (κ2) is 10.4. The van der Waals surface area contributed by atoms with Crippen LogP contribution in [0.25, 0.3) is 0 Å². The van der Waals surface area contributed by atoms with Crippen molar-refractivity contribution in [2.45, 2.75) is 6.42 Å². The van der Waals surface area contributed by atoms with Crippen LogP contribution in [0.5, 0.6) is 0 Å². The average molecular weight is 236 g/mol. The molecule has 1 saturated heterocycles. The fourth-order valence-electron chi connectivity index (χ4n) is 1.21. The van der Waals surface area contributed by atoms with Gasteiger partial charge in [-0.15, -0.1) is 0 Å². The zero-order valence-electron chi connectivity index (χ0n) is 7.96. The second-order valence-corrected chi connectivity index (χ2v) is 3.03. The minimum absolute atomic E-state index is 0. The molecule has 5 heteroatoms. The van der Waals surface area contributed by atoms with Crippen LogP contribution in [0.2, 0.25) is 0 Å². The summed E-state index contributed by atoms with van der Waals surface area (Å²) in [7, 11) is 0. The second-order valence-electron chi connectivity index (χ2n) is 3.03. The van der Waals surface area contributed by atoms with Gasteiger partial charge in [-0.1, -0.05) is 0 Å². The van der Waals surface area contributed by atoms with Crippen molar-refractivity contribution >= 4 is 0 Å². The molecule has 13 heavy (non-hydrogen) atoms. The van der Waals surface area contributed by atoms with Crippen molar-refractivity contribution in [3.63, 3.8) is 0 Å². The molecule has 4 nitrogen and oxygen atoms in total. The smallest absolute Gasteiger partial charge is 0.0455 e. The molecule has 0 aromatic carbocycles. The summed E-state index contributed by atoms with van der Waals surface area (Å²) in [5.74, 6) is 0. The number of hydrogen-bond donors (Lipinski definition) is 4. The van der Waals surface area contributed by atoms with Gasteiger partial charge in [-0.2, -0.15) is 0 Å². The van der Waals surface area contributed by atoms with Crippen LogP contribution in [0.15, 0.2) is 0 Å². The number of rotatable bonds is 0. The van der Waals surface area contributed by atoms with Gasteiger partial charge in [0.2, 0.25) is 0 Å². The molecule has 4 N–H and O–H groups in total. The van der Waals surface area contributed by atoms with Crippen molar-refractivity contribution in [3.05, 3.63) is 0 Å². The maximum atomic E-state index is 3.37. The normalized spacial score (nSPS) is 22.2. The van der Waals surface area contributed by atoms with Gasteiger partial charge in [-0.25, -0.2) is 0 Å². The molecule has 1 aliphatic heterocycles. The summed E-state index contributed by atoms with van der Waals surface area (Å²) in [4.78, 5) is 0. The largest absolute Gasteiger partial charge is 0.315 e. The summed E-state index contributed by atoms with van der Waals surface area (Å²) in [6.45, 7) is 7.43. The summed E-state index contributed by atoms with van der Waals surface area (Å²) in [6, 6.07) is 0. The van der Waals surface area contributed by atoms with Gasteiger partial charge < -0.3 is 21.3 Å². The van der Waals surface area contributed by atoms with E-state index in [4.69, 9.17) is 0 Å². The number of nitrogens with one attached hydrogen (secondary N) is 4. The predicted molar refractivity (Wildman–Crippen MR) is 51.2 cm³/mol. The van der Waals surface area contributed by atoms with Crippen molar-refractivity contribution in [1.82, 2.24) is 21.3 Å². The fourth-order valence-corrected chi connectivity index (χ4v) is 1.21. The Labute approximate surface area is 91.1 Å². The van der Waals surface area contributed by atoms with E-state index in [2.05, 4.69) is 21.3 Å². The van der Waals surface area contributed by atoms with Crippen LogP contribution in [-0.4, -0.2) is 45.9 Å². The van der Waals surface area contributed by atoms with Gasteiger partial charge in [0.05, 0.1) is 0 Å². The summed E-state index contributed by atoms with van der Waals surface area (Å²) in [6.07, 6.45) is 1.22. The maximum absolute atomic E-state index is 3.37. The van der Waals surface area contributed by atoms with Crippen LogP contribution >= 0.6 is 0 Å². The topological polar surface area (TPSA) is 48.1 Å². The molecule has 0 aromatic rings. The zero-order chi connectivity index (χ0) is 8.49. The Morgan fingerprint density at radius 3 is 1.54 bits per heavy atom. The van der Waals surface area contributed by atoms with Crippen LogP contribution in [0.1, 0.15) is 6.42 Å². The third kappa shape index (κ3) is 8.68. The molecule has 1 heterocycles. The molecule has 0 bridgehead atoms. The third-order valence-electron chi connectivity index (χ3n) is 1.91. The van der Waals surface area contributed by atoms with E-state index in [9.17, 15) is 0 Å². The molecule has 0 aromatic heterocycles. The Morgan fingerprint density at radius 1 is 0.538 bits per heavy atom. The summed E-state index contributed by atoms with van der Waals surface area (Å²) in [5.41, 5.74) is 0. The standard InChI is InChI=1S/C8H20N4.Cu/c1-2-9-4-6-11-8-12-7-5-10-3-1;/h9-12H,1-8H2;. The van der Waals surface area contributed by atoms with E-state index < -0.39 is 0 Å². The molecule has 0 aliphatic carbocycles. The third-order valence-corrected chi connectivity index (χ3v) is 1.91. The Hall–Kier alpha value is 0.359. The molecule has 1 fully saturated rings. The van der Waals surface area contributed by atoms with Gasteiger partial charge in [0.25, 0.3) is 0 Å². The summed E-state index contributed by atoms with van der Waals surface area (Å²) < 4.78 is 0. The van der Waals surface area contributed by atoms with Crippen molar-refractivity contribution in [2.24, 2.45) is 0 Å². The first-order valence-corrected chi connectivity index (χ1v) is 4.83. The van der Waals surface area contributed by atoms with Gasteiger partial charge in [0.15, 0.2) is 0 Å². The van der Waals surface area contributed by atoms with E-state index in [-0.39, 0.29) is 17.1 Å². The minimum Gasteiger partial charge on any atom is -0.315 e. The van der Waals surface area contributed by atoms with Crippen LogP contribution in [0.4, 0.5) is 0 Å². The van der Waals surface area contributed by atoms with E-state index in [0.29, 0.717) is 0 Å². The van der Waals surface area contributed by atoms with Crippen LogP contribution in [-0.2, 0) is 17.1 Å². The van der Waals surface area contributed by atoms with E-state index >= 15 is 0 Å². The van der Waals surface area contributed by atoms with E-state index in [1.54, 1.807) is 0 Å². The quantitative estimate of drug-likeness (QED) is 0.395. The first-order chi connectivity index (χ1) is 6.00. The van der Waals surface area contributed by atoms with Crippen LogP contribution < -0.4 is 21.3 Å². The van der Waals surface area contributed by atoms with Crippen molar-refractivity contribution in [2.75, 3.05) is 45.9 Å². The molecule has 83 valence electrons. The van der Waals surface area contributed by atoms with Gasteiger partial charge in [-0.3, -0.25) is 0 Å². The molecular weight excluding hydrogens is 216 g/mol. The monoisotopic (exact) mass is 235 g/mol. The molecule has 1 aliphatic rings. The first-order valence-electron chi connectivity index (χ1n) is 4.83. The molecule has 1 rings (SSSR count). The molecule has 0 saturated carbocycles. The van der Waals surface area contributed by atoms with Gasteiger partial charge in [0.1, 0.15) is 0 Å². The Bertz CT molecular complexity index is 59.1. The molecule has 0 spiro atoms. The summed E-state index contributed by atoms with van der Waals surface area (Å²) >= 11 is 0. The maximum Gasteiger partial charge on any atom is 0.0455 e. The van der Waals surface area contributed by atoms with E-state index in [0.717, 1.165) is 45.9 Å². The predicted octanol–water partition coefficient (Wildman–Crippen LogP) is -1.30. The molecule has 0 atom stereocenters. The van der Waals surface area contributed by atoms with Crippen molar-refractivity contribution in [1.29, 1.82) is 0 Å². The molecule has 0 unspecified atom stereocenters. The average Bonchev–Trinajstić information content (AvgIpc) is 2.05. The Kier molecular flexibility index (Phi) is 10.7. The molecule has 1 radical (unpaired) electrons. The molecular formula is C8H20CuN4. The Balaban J connectivity index is 0.00000144. The van der Waals surface area contributed by atoms with Gasteiger partial charge >= 0.3 is 0 Å². The van der Waals surface area contributed by atoms with E-state index in [1.165, 1.54) is 6.42 Å². The fraction of sp³-hybridized carbons (Fsp3) is 1.00. The van der Waals surface area contributed by atoms with Crippen molar-refractivity contribution < 1.29 is 17.1 Å². The zero-order valence-corrected chi connectivity index (χ0v) is 8.90. The van der Waals surface area contributed by atoms with Crippen LogP contribution in [0, 0.1) is 0 Å². The van der Waals surface area contributed by atoms with Gasteiger partial charge in [-0.05, 0) is 19.5 Å². The molecule has 0 amide bonds. The summed E-state index contributed by atoms with van der Waals surface area (Å²) in [5, 5.41) is 13.3.